The zero-order valence-corrected chi connectivity index (χ0v) is 14.2. The second kappa shape index (κ2) is 6.40. The predicted molar refractivity (Wildman–Crippen MR) is 91.0 cm³/mol. The molecule has 4 nitrogen and oxygen atoms in total. The molecule has 1 fully saturated rings. The van der Waals surface area contributed by atoms with Gasteiger partial charge < -0.3 is 4.90 Å². The molecule has 1 aliphatic heterocycles. The van der Waals surface area contributed by atoms with Crippen LogP contribution in [0.15, 0.2) is 40.6 Å². The molecule has 6 heteroatoms. The lowest BCUT2D eigenvalue weighted by atomic mass is 10.2. The first kappa shape index (κ1) is 15.5. The number of nitrogens with zero attached hydrogens (tertiary/aromatic N) is 1. The van der Waals surface area contributed by atoms with Gasteiger partial charge in [-0.3, -0.25) is 0 Å². The topological polar surface area (TPSA) is 49.4 Å². The van der Waals surface area contributed by atoms with Crippen molar-refractivity contribution in [2.24, 2.45) is 0 Å². The second-order valence-electron chi connectivity index (χ2n) is 5.55. The van der Waals surface area contributed by atoms with Crippen LogP contribution in [0.3, 0.4) is 0 Å². The van der Waals surface area contributed by atoms with E-state index in [9.17, 15) is 8.42 Å². The highest BCUT2D eigenvalue weighted by Gasteiger charge is 2.16. The highest BCUT2D eigenvalue weighted by Crippen LogP contribution is 2.22. The van der Waals surface area contributed by atoms with Crippen molar-refractivity contribution in [2.75, 3.05) is 18.0 Å². The molecule has 3 rings (SSSR count). The molecule has 22 heavy (non-hydrogen) atoms. The van der Waals surface area contributed by atoms with E-state index >= 15 is 0 Å². The Kier molecular flexibility index (Phi) is 4.52. The van der Waals surface area contributed by atoms with Crippen LogP contribution in [0.4, 0.5) is 5.69 Å². The van der Waals surface area contributed by atoms with Crippen LogP contribution in [0.1, 0.15) is 23.3 Å². The van der Waals surface area contributed by atoms with E-state index in [0.29, 0.717) is 10.8 Å². The third-order valence-electron chi connectivity index (χ3n) is 3.85. The minimum Gasteiger partial charge on any atom is -0.372 e. The summed E-state index contributed by atoms with van der Waals surface area (Å²) in [5, 5.41) is 0. The summed E-state index contributed by atoms with van der Waals surface area (Å²) >= 11 is 1.29. The summed E-state index contributed by atoms with van der Waals surface area (Å²) in [5.41, 5.74) is 2.19. The van der Waals surface area contributed by atoms with E-state index in [2.05, 4.69) is 21.8 Å². The molecule has 1 saturated heterocycles. The minimum atomic E-state index is -3.41. The van der Waals surface area contributed by atoms with Crippen LogP contribution >= 0.6 is 11.3 Å². The number of aryl methyl sites for hydroxylation is 1. The first-order chi connectivity index (χ1) is 10.5. The molecular formula is C16H20N2O2S2. The third kappa shape index (κ3) is 3.51. The number of benzene rings is 1. The first-order valence-electron chi connectivity index (χ1n) is 7.45. The van der Waals surface area contributed by atoms with Gasteiger partial charge in [0.2, 0.25) is 10.0 Å². The van der Waals surface area contributed by atoms with Crippen LogP contribution in [0.2, 0.25) is 0 Å². The summed E-state index contributed by atoms with van der Waals surface area (Å²) in [4.78, 5) is 3.36. The van der Waals surface area contributed by atoms with Crippen molar-refractivity contribution < 1.29 is 8.42 Å². The van der Waals surface area contributed by atoms with Gasteiger partial charge in [-0.15, -0.1) is 11.3 Å². The Morgan fingerprint density at radius 2 is 1.77 bits per heavy atom. The maximum absolute atomic E-state index is 12.2. The van der Waals surface area contributed by atoms with E-state index in [4.69, 9.17) is 0 Å². The van der Waals surface area contributed by atoms with Crippen molar-refractivity contribution in [3.05, 3.63) is 46.8 Å². The van der Waals surface area contributed by atoms with Crippen LogP contribution in [0.25, 0.3) is 0 Å². The van der Waals surface area contributed by atoms with E-state index in [1.807, 2.05) is 25.1 Å². The van der Waals surface area contributed by atoms with Gasteiger partial charge in [0.25, 0.3) is 0 Å². The lowest BCUT2D eigenvalue weighted by molar-refractivity contribution is 0.583. The molecule has 0 aliphatic carbocycles. The van der Waals surface area contributed by atoms with Crippen LogP contribution in [-0.2, 0) is 16.6 Å². The van der Waals surface area contributed by atoms with Gasteiger partial charge in [-0.05, 0) is 49.6 Å². The zero-order valence-electron chi connectivity index (χ0n) is 12.6. The van der Waals surface area contributed by atoms with Gasteiger partial charge in [0, 0.05) is 30.2 Å². The SMILES string of the molecule is Cc1ccc(S(=O)(=O)NCc2ccc(N3CCCC3)cc2)s1. The number of hydrogen-bond acceptors (Lipinski definition) is 4. The Labute approximate surface area is 135 Å². The molecule has 1 aliphatic rings. The van der Waals surface area contributed by atoms with Crippen LogP contribution in [0, 0.1) is 6.92 Å². The molecule has 0 spiro atoms. The highest BCUT2D eigenvalue weighted by atomic mass is 32.2. The van der Waals surface area contributed by atoms with E-state index in [0.717, 1.165) is 23.5 Å². The smallest absolute Gasteiger partial charge is 0.250 e. The van der Waals surface area contributed by atoms with Crippen molar-refractivity contribution in [1.82, 2.24) is 4.72 Å². The molecule has 0 bridgehead atoms. The molecule has 1 aromatic carbocycles. The molecule has 2 heterocycles. The highest BCUT2D eigenvalue weighted by molar-refractivity contribution is 7.91. The summed E-state index contributed by atoms with van der Waals surface area (Å²) in [6.07, 6.45) is 2.50. The normalized spacial score (nSPS) is 15.4. The third-order valence-corrected chi connectivity index (χ3v) is 6.75. The van der Waals surface area contributed by atoms with Crippen LogP contribution in [0.5, 0.6) is 0 Å². The van der Waals surface area contributed by atoms with Crippen molar-refractivity contribution in [1.29, 1.82) is 0 Å². The fourth-order valence-corrected chi connectivity index (χ4v) is 4.95. The van der Waals surface area contributed by atoms with E-state index in [1.54, 1.807) is 6.07 Å². The van der Waals surface area contributed by atoms with Gasteiger partial charge in [-0.2, -0.15) is 0 Å². The quantitative estimate of drug-likeness (QED) is 0.912. The molecule has 1 N–H and O–H groups in total. The van der Waals surface area contributed by atoms with Crippen molar-refractivity contribution in [3.63, 3.8) is 0 Å². The average Bonchev–Trinajstić information content (AvgIpc) is 3.17. The van der Waals surface area contributed by atoms with Gasteiger partial charge in [0.1, 0.15) is 4.21 Å². The van der Waals surface area contributed by atoms with Crippen molar-refractivity contribution in [2.45, 2.75) is 30.5 Å². The van der Waals surface area contributed by atoms with Gasteiger partial charge in [0.15, 0.2) is 0 Å². The number of sulfonamides is 1. The fraction of sp³-hybridized carbons (Fsp3) is 0.375. The molecule has 0 amide bonds. The molecule has 0 radical (unpaired) electrons. The fourth-order valence-electron chi connectivity index (χ4n) is 2.61. The largest absolute Gasteiger partial charge is 0.372 e. The first-order valence-corrected chi connectivity index (χ1v) is 9.74. The summed E-state index contributed by atoms with van der Waals surface area (Å²) in [5.74, 6) is 0. The number of nitrogens with one attached hydrogen (secondary N) is 1. The molecule has 0 saturated carbocycles. The number of rotatable bonds is 5. The lowest BCUT2D eigenvalue weighted by Crippen LogP contribution is -2.22. The van der Waals surface area contributed by atoms with Crippen LogP contribution in [-0.4, -0.2) is 21.5 Å². The Morgan fingerprint density at radius 1 is 1.09 bits per heavy atom. The summed E-state index contributed by atoms with van der Waals surface area (Å²) in [6, 6.07) is 11.6. The number of anilines is 1. The van der Waals surface area contributed by atoms with Crippen molar-refractivity contribution >= 4 is 27.0 Å². The molecule has 0 unspecified atom stereocenters. The van der Waals surface area contributed by atoms with E-state index in [1.165, 1.54) is 29.9 Å². The monoisotopic (exact) mass is 336 g/mol. The van der Waals surface area contributed by atoms with E-state index in [-0.39, 0.29) is 0 Å². The zero-order chi connectivity index (χ0) is 15.6. The second-order valence-corrected chi connectivity index (χ2v) is 8.83. The number of hydrogen-bond donors (Lipinski definition) is 1. The predicted octanol–water partition coefficient (Wildman–Crippen LogP) is 3.14. The Morgan fingerprint density at radius 3 is 2.36 bits per heavy atom. The van der Waals surface area contributed by atoms with Gasteiger partial charge in [-0.25, -0.2) is 13.1 Å². The van der Waals surface area contributed by atoms with Gasteiger partial charge in [-0.1, -0.05) is 12.1 Å². The van der Waals surface area contributed by atoms with Crippen molar-refractivity contribution in [3.8, 4) is 0 Å². The maximum Gasteiger partial charge on any atom is 0.250 e. The average molecular weight is 336 g/mol. The van der Waals surface area contributed by atoms with Gasteiger partial charge in [0.05, 0.1) is 0 Å². The molecule has 2 aromatic rings. The molecule has 118 valence electrons. The Hall–Kier alpha value is -1.37. The summed E-state index contributed by atoms with van der Waals surface area (Å²) < 4.78 is 27.4. The lowest BCUT2D eigenvalue weighted by Gasteiger charge is -2.17. The van der Waals surface area contributed by atoms with E-state index < -0.39 is 10.0 Å². The Balaban J connectivity index is 1.63. The molecule has 1 aromatic heterocycles. The molecule has 0 atom stereocenters. The van der Waals surface area contributed by atoms with Gasteiger partial charge >= 0.3 is 0 Å². The number of thiophene rings is 1. The summed E-state index contributed by atoms with van der Waals surface area (Å²) in [6.45, 7) is 4.45. The minimum absolute atomic E-state index is 0.319. The standard InChI is InChI=1S/C16H20N2O2S2/c1-13-4-9-16(21-13)22(19,20)17-12-14-5-7-15(8-6-14)18-10-2-3-11-18/h4-9,17H,2-3,10-12H2,1H3. The summed E-state index contributed by atoms with van der Waals surface area (Å²) in [7, 11) is -3.41. The maximum atomic E-state index is 12.2. The van der Waals surface area contributed by atoms with Crippen LogP contribution < -0.4 is 9.62 Å². The Bertz CT molecular complexity index is 730. The molecular weight excluding hydrogens is 316 g/mol.